The molecule has 6 nitrogen and oxygen atoms in total. The lowest BCUT2D eigenvalue weighted by Crippen LogP contribution is -2.31. The van der Waals surface area contributed by atoms with Crippen LogP contribution in [0.3, 0.4) is 0 Å². The molecule has 3 rings (SSSR count). The largest absolute Gasteiger partial charge is 0.482 e. The Kier molecular flexibility index (Phi) is 7.54. The molecule has 31 heavy (non-hydrogen) atoms. The third kappa shape index (κ3) is 5.36. The first-order valence-electron chi connectivity index (χ1n) is 9.93. The Balaban J connectivity index is 1.47. The first kappa shape index (κ1) is 23.5. The molecule has 0 aromatic heterocycles. The van der Waals surface area contributed by atoms with Crippen molar-refractivity contribution in [1.29, 1.82) is 0 Å². The van der Waals surface area contributed by atoms with E-state index in [0.29, 0.717) is 23.3 Å². The number of carbonyl (C=O) groups excluding carboxylic acids is 3. The van der Waals surface area contributed by atoms with E-state index in [4.69, 9.17) is 9.47 Å². The number of nitrogens with zero attached hydrogens (tertiary/aromatic N) is 1. The van der Waals surface area contributed by atoms with Gasteiger partial charge in [0.2, 0.25) is 0 Å². The Morgan fingerprint density at radius 3 is 2.48 bits per heavy atom. The van der Waals surface area contributed by atoms with E-state index in [9.17, 15) is 14.4 Å². The molecule has 0 bridgehead atoms. The molecule has 8 heteroatoms. The number of hydrogen-bond acceptors (Lipinski definition) is 5. The molecule has 0 saturated heterocycles. The fraction of sp³-hybridized carbons (Fsp3) is 0.348. The summed E-state index contributed by atoms with van der Waals surface area (Å²) in [6, 6.07) is 8.90. The van der Waals surface area contributed by atoms with Crippen molar-refractivity contribution in [1.82, 2.24) is 4.90 Å². The lowest BCUT2D eigenvalue weighted by molar-refractivity contribution is -0.146. The zero-order valence-corrected chi connectivity index (χ0v) is 20.7. The van der Waals surface area contributed by atoms with E-state index in [1.54, 1.807) is 18.2 Å². The zero-order valence-electron chi connectivity index (χ0n) is 17.5. The SMILES string of the molecule is Cc1cc(OCC(=O)OCCCN2C(=O)c3ccc(Br)cc3C2=O)c(C(C)C)cc1Br. The average molecular weight is 553 g/mol. The number of benzene rings is 2. The highest BCUT2D eigenvalue weighted by Gasteiger charge is 2.35. The Labute approximate surface area is 198 Å². The van der Waals surface area contributed by atoms with Crippen LogP contribution in [0.15, 0.2) is 39.3 Å². The summed E-state index contributed by atoms with van der Waals surface area (Å²) in [7, 11) is 0. The van der Waals surface area contributed by atoms with E-state index < -0.39 is 5.97 Å². The smallest absolute Gasteiger partial charge is 0.344 e. The van der Waals surface area contributed by atoms with Crippen molar-refractivity contribution in [3.63, 3.8) is 0 Å². The Hall–Kier alpha value is -2.19. The zero-order chi connectivity index (χ0) is 22.7. The highest BCUT2D eigenvalue weighted by molar-refractivity contribution is 9.10. The quantitative estimate of drug-likeness (QED) is 0.254. The number of hydrogen-bond donors (Lipinski definition) is 0. The van der Waals surface area contributed by atoms with E-state index in [1.807, 2.05) is 19.1 Å². The fourth-order valence-corrected chi connectivity index (χ4v) is 4.02. The maximum absolute atomic E-state index is 12.4. The predicted octanol–water partition coefficient (Wildman–Crippen LogP) is 5.25. The molecule has 0 N–H and O–H groups in total. The van der Waals surface area contributed by atoms with Crippen LogP contribution in [-0.4, -0.2) is 42.4 Å². The van der Waals surface area contributed by atoms with Crippen molar-refractivity contribution in [3.8, 4) is 5.75 Å². The van der Waals surface area contributed by atoms with Crippen LogP contribution in [0, 0.1) is 6.92 Å². The van der Waals surface area contributed by atoms with Crippen LogP contribution in [0.2, 0.25) is 0 Å². The van der Waals surface area contributed by atoms with Gasteiger partial charge in [-0.2, -0.15) is 0 Å². The van der Waals surface area contributed by atoms with Crippen LogP contribution < -0.4 is 4.74 Å². The Morgan fingerprint density at radius 1 is 1.06 bits per heavy atom. The summed E-state index contributed by atoms with van der Waals surface area (Å²) in [5.41, 5.74) is 2.79. The van der Waals surface area contributed by atoms with Crippen LogP contribution in [0.4, 0.5) is 0 Å². The molecule has 0 radical (unpaired) electrons. The molecule has 0 atom stereocenters. The first-order valence-corrected chi connectivity index (χ1v) is 11.5. The molecule has 164 valence electrons. The molecule has 0 unspecified atom stereocenters. The number of ether oxygens (including phenoxy) is 2. The summed E-state index contributed by atoms with van der Waals surface area (Å²) >= 11 is 6.83. The van der Waals surface area contributed by atoms with Gasteiger partial charge in [-0.3, -0.25) is 14.5 Å². The number of carbonyl (C=O) groups is 3. The first-order chi connectivity index (χ1) is 14.7. The van der Waals surface area contributed by atoms with Gasteiger partial charge in [0.1, 0.15) is 5.75 Å². The average Bonchev–Trinajstić information content (AvgIpc) is 2.95. The van der Waals surface area contributed by atoms with Gasteiger partial charge in [-0.05, 0) is 60.7 Å². The number of fused-ring (bicyclic) bond motifs is 1. The number of amides is 2. The monoisotopic (exact) mass is 551 g/mol. The summed E-state index contributed by atoms with van der Waals surface area (Å²) in [4.78, 5) is 38.1. The van der Waals surface area contributed by atoms with Crippen molar-refractivity contribution in [2.24, 2.45) is 0 Å². The topological polar surface area (TPSA) is 72.9 Å². The molecule has 1 heterocycles. The van der Waals surface area contributed by atoms with Gasteiger partial charge in [-0.1, -0.05) is 45.7 Å². The number of imide groups is 1. The third-order valence-electron chi connectivity index (χ3n) is 4.98. The molecule has 0 aliphatic carbocycles. The van der Waals surface area contributed by atoms with Crippen molar-refractivity contribution in [2.45, 2.75) is 33.1 Å². The summed E-state index contributed by atoms with van der Waals surface area (Å²) in [6.45, 7) is 6.14. The van der Waals surface area contributed by atoms with E-state index in [1.165, 1.54) is 4.90 Å². The van der Waals surface area contributed by atoms with Gasteiger partial charge < -0.3 is 9.47 Å². The number of aryl methyl sites for hydroxylation is 1. The summed E-state index contributed by atoms with van der Waals surface area (Å²) in [5.74, 6) is -0.258. The summed E-state index contributed by atoms with van der Waals surface area (Å²) in [5, 5.41) is 0. The molecule has 2 amide bonds. The lowest BCUT2D eigenvalue weighted by Gasteiger charge is -2.16. The summed E-state index contributed by atoms with van der Waals surface area (Å²) < 4.78 is 12.6. The minimum Gasteiger partial charge on any atom is -0.482 e. The molecule has 0 saturated carbocycles. The van der Waals surface area contributed by atoms with Gasteiger partial charge >= 0.3 is 5.97 Å². The van der Waals surface area contributed by atoms with Crippen LogP contribution in [0.25, 0.3) is 0 Å². The van der Waals surface area contributed by atoms with Gasteiger partial charge in [0.25, 0.3) is 11.8 Å². The second-order valence-corrected chi connectivity index (χ2v) is 9.38. The molecular weight excluding hydrogens is 530 g/mol. The number of halogens is 2. The molecular formula is C23H23Br2NO5. The molecule has 2 aromatic rings. The lowest BCUT2D eigenvalue weighted by atomic mass is 10.0. The minimum absolute atomic E-state index is 0.0930. The maximum Gasteiger partial charge on any atom is 0.344 e. The normalized spacial score (nSPS) is 13.0. The van der Waals surface area contributed by atoms with E-state index in [0.717, 1.165) is 20.1 Å². The highest BCUT2D eigenvalue weighted by atomic mass is 79.9. The minimum atomic E-state index is -0.499. The second kappa shape index (κ2) is 9.96. The van der Waals surface area contributed by atoms with Crippen molar-refractivity contribution >= 4 is 49.6 Å². The Morgan fingerprint density at radius 2 is 1.77 bits per heavy atom. The fourth-order valence-electron chi connectivity index (χ4n) is 3.30. The molecule has 0 spiro atoms. The summed E-state index contributed by atoms with van der Waals surface area (Å²) in [6.07, 6.45) is 0.354. The van der Waals surface area contributed by atoms with Crippen molar-refractivity contribution < 1.29 is 23.9 Å². The second-order valence-electron chi connectivity index (χ2n) is 7.61. The van der Waals surface area contributed by atoms with Crippen molar-refractivity contribution in [3.05, 3.63) is 61.5 Å². The Bertz CT molecular complexity index is 1030. The predicted molar refractivity (Wildman–Crippen MR) is 124 cm³/mol. The van der Waals surface area contributed by atoms with Crippen LogP contribution in [-0.2, 0) is 9.53 Å². The molecule has 2 aromatic carbocycles. The molecule has 1 aliphatic rings. The van der Waals surface area contributed by atoms with Gasteiger partial charge in [0, 0.05) is 15.5 Å². The van der Waals surface area contributed by atoms with Crippen LogP contribution >= 0.6 is 31.9 Å². The maximum atomic E-state index is 12.4. The molecule has 1 aliphatic heterocycles. The van der Waals surface area contributed by atoms with E-state index in [-0.39, 0.29) is 37.5 Å². The van der Waals surface area contributed by atoms with Crippen LogP contribution in [0.1, 0.15) is 58.0 Å². The standard InChI is InChI=1S/C23H23Br2NO5/c1-13(2)17-11-19(25)14(3)9-20(17)31-12-21(27)30-8-4-7-26-22(28)16-6-5-15(24)10-18(16)23(26)29/h5-6,9-11,13H,4,7-8,12H2,1-3H3. The number of esters is 1. The van der Waals surface area contributed by atoms with Gasteiger partial charge in [-0.15, -0.1) is 0 Å². The van der Waals surface area contributed by atoms with Gasteiger partial charge in [0.05, 0.1) is 17.7 Å². The van der Waals surface area contributed by atoms with Crippen LogP contribution in [0.5, 0.6) is 5.75 Å². The third-order valence-corrected chi connectivity index (χ3v) is 6.33. The number of rotatable bonds is 8. The van der Waals surface area contributed by atoms with Gasteiger partial charge in [-0.25, -0.2) is 4.79 Å². The van der Waals surface area contributed by atoms with E-state index >= 15 is 0 Å². The van der Waals surface area contributed by atoms with Gasteiger partial charge in [0.15, 0.2) is 6.61 Å². The highest BCUT2D eigenvalue weighted by Crippen LogP contribution is 2.32. The van der Waals surface area contributed by atoms with E-state index in [2.05, 4.69) is 45.7 Å². The molecule has 0 fully saturated rings. The van der Waals surface area contributed by atoms with Crippen molar-refractivity contribution in [2.75, 3.05) is 19.8 Å².